The molecule has 1 aromatic rings. The third-order valence-electron chi connectivity index (χ3n) is 1.41. The topological polar surface area (TPSA) is 0 Å². The van der Waals surface area contributed by atoms with Gasteiger partial charge < -0.3 is 0 Å². The molecule has 0 spiro atoms. The smallest absolute Gasteiger partial charge is 0.0409 e. The van der Waals surface area contributed by atoms with Crippen molar-refractivity contribution in [2.75, 3.05) is 5.75 Å². The van der Waals surface area contributed by atoms with E-state index < -0.39 is 0 Å². The molecule has 1 unspecified atom stereocenters. The first-order chi connectivity index (χ1) is 5.24. The van der Waals surface area contributed by atoms with Gasteiger partial charge in [0, 0.05) is 16.0 Å². The Bertz CT molecular complexity index is 237. The Balaban J connectivity index is 2.86. The summed E-state index contributed by atoms with van der Waals surface area (Å²) in [6.45, 7) is 0. The minimum Gasteiger partial charge on any atom is -0.178 e. The molecule has 3 heteroatoms. The van der Waals surface area contributed by atoms with Crippen LogP contribution < -0.4 is 0 Å². The summed E-state index contributed by atoms with van der Waals surface area (Å²) >= 11 is 14.3. The third-order valence-corrected chi connectivity index (χ3v) is 2.78. The molecule has 1 rings (SSSR count). The zero-order valence-corrected chi connectivity index (χ0v) is 8.41. The molecule has 0 fully saturated rings. The van der Waals surface area contributed by atoms with Gasteiger partial charge in [-0.2, -0.15) is 25.3 Å². The fourth-order valence-corrected chi connectivity index (χ4v) is 1.39. The number of hydrogen-bond donors (Lipinski definition) is 2. The Morgan fingerprint density at radius 2 is 2.18 bits per heavy atom. The molecule has 0 radical (unpaired) electrons. The maximum absolute atomic E-state index is 5.79. The predicted molar refractivity (Wildman–Crippen MR) is 57.0 cm³/mol. The van der Waals surface area contributed by atoms with E-state index in [0.717, 1.165) is 16.3 Å². The molecular weight excluding hydrogens is 196 g/mol. The molecule has 0 heterocycles. The van der Waals surface area contributed by atoms with Crippen LogP contribution >= 0.6 is 36.9 Å². The summed E-state index contributed by atoms with van der Waals surface area (Å²) in [4.78, 5) is 0. The van der Waals surface area contributed by atoms with Crippen molar-refractivity contribution in [3.63, 3.8) is 0 Å². The summed E-state index contributed by atoms with van der Waals surface area (Å²) in [5, 5.41) is 0.931. The molecule has 0 N–H and O–H groups in total. The molecule has 0 nitrogen and oxygen atoms in total. The largest absolute Gasteiger partial charge is 0.178 e. The molecule has 0 amide bonds. The first-order valence-electron chi connectivity index (χ1n) is 3.28. The highest BCUT2D eigenvalue weighted by molar-refractivity contribution is 7.84. The predicted octanol–water partition coefficient (Wildman–Crippen LogP) is 3.24. The lowest BCUT2D eigenvalue weighted by molar-refractivity contribution is 1.13. The molecule has 0 aliphatic carbocycles. The Kier molecular flexibility index (Phi) is 3.63. The lowest BCUT2D eigenvalue weighted by atomic mass is 10.2. The van der Waals surface area contributed by atoms with Gasteiger partial charge in [-0.3, -0.25) is 0 Å². The van der Waals surface area contributed by atoms with Gasteiger partial charge in [-0.15, -0.1) is 0 Å². The minimum absolute atomic E-state index is 0.178. The Morgan fingerprint density at radius 1 is 1.45 bits per heavy atom. The number of rotatable bonds is 2. The van der Waals surface area contributed by atoms with Gasteiger partial charge in [0.2, 0.25) is 0 Å². The van der Waals surface area contributed by atoms with E-state index >= 15 is 0 Å². The van der Waals surface area contributed by atoms with Gasteiger partial charge in [0.25, 0.3) is 0 Å². The zero-order chi connectivity index (χ0) is 8.27. The monoisotopic (exact) mass is 204 g/mol. The molecule has 1 aromatic carbocycles. The second-order valence-corrected chi connectivity index (χ2v) is 3.68. The zero-order valence-electron chi connectivity index (χ0n) is 5.87. The van der Waals surface area contributed by atoms with E-state index in [0.29, 0.717) is 0 Å². The van der Waals surface area contributed by atoms with Gasteiger partial charge in [0.15, 0.2) is 0 Å². The average molecular weight is 205 g/mol. The summed E-state index contributed by atoms with van der Waals surface area (Å²) in [6, 6.07) is 7.68. The van der Waals surface area contributed by atoms with E-state index in [1.807, 2.05) is 24.3 Å². The standard InChI is InChI=1S/C8H9ClS2/c9-7-3-1-2-6(4-7)8(11)5-10/h1-4,8,10-11H,5H2. The maximum atomic E-state index is 5.79. The first-order valence-corrected chi connectivity index (χ1v) is 4.81. The fraction of sp³-hybridized carbons (Fsp3) is 0.250. The highest BCUT2D eigenvalue weighted by Gasteiger charge is 2.02. The quantitative estimate of drug-likeness (QED) is 0.680. The molecule has 0 aromatic heterocycles. The molecule has 60 valence electrons. The molecule has 0 bridgehead atoms. The van der Waals surface area contributed by atoms with Gasteiger partial charge in [-0.25, -0.2) is 0 Å². The minimum atomic E-state index is 0.178. The summed E-state index contributed by atoms with van der Waals surface area (Å²) in [5.74, 6) is 0.726. The summed E-state index contributed by atoms with van der Waals surface area (Å²) < 4.78 is 0. The summed E-state index contributed by atoms with van der Waals surface area (Å²) in [5.41, 5.74) is 1.12. The van der Waals surface area contributed by atoms with Gasteiger partial charge in [-0.05, 0) is 17.7 Å². The van der Waals surface area contributed by atoms with Crippen LogP contribution in [0.1, 0.15) is 10.8 Å². The van der Waals surface area contributed by atoms with Crippen molar-refractivity contribution in [2.45, 2.75) is 5.25 Å². The van der Waals surface area contributed by atoms with Crippen LogP contribution in [0.3, 0.4) is 0 Å². The summed E-state index contributed by atoms with van der Waals surface area (Å²) in [6.07, 6.45) is 0. The Morgan fingerprint density at radius 3 is 2.73 bits per heavy atom. The van der Waals surface area contributed by atoms with Crippen molar-refractivity contribution >= 4 is 36.9 Å². The van der Waals surface area contributed by atoms with Crippen LogP contribution in [-0.4, -0.2) is 5.75 Å². The van der Waals surface area contributed by atoms with Crippen molar-refractivity contribution in [3.8, 4) is 0 Å². The molecule has 11 heavy (non-hydrogen) atoms. The van der Waals surface area contributed by atoms with Crippen LogP contribution in [0.4, 0.5) is 0 Å². The normalized spacial score (nSPS) is 13.0. The molecule has 0 aliphatic heterocycles. The van der Waals surface area contributed by atoms with E-state index in [1.54, 1.807) is 0 Å². The molecule has 0 aliphatic rings. The lowest BCUT2D eigenvalue weighted by Gasteiger charge is -2.06. The van der Waals surface area contributed by atoms with Gasteiger partial charge in [0.05, 0.1) is 0 Å². The van der Waals surface area contributed by atoms with Crippen LogP contribution in [0.25, 0.3) is 0 Å². The van der Waals surface area contributed by atoms with E-state index in [9.17, 15) is 0 Å². The van der Waals surface area contributed by atoms with Crippen molar-refractivity contribution in [2.24, 2.45) is 0 Å². The third kappa shape index (κ3) is 2.62. The number of hydrogen-bond acceptors (Lipinski definition) is 2. The van der Waals surface area contributed by atoms with E-state index in [1.165, 1.54) is 0 Å². The van der Waals surface area contributed by atoms with Crippen LogP contribution in [0.15, 0.2) is 24.3 Å². The van der Waals surface area contributed by atoms with E-state index in [4.69, 9.17) is 11.6 Å². The Labute approximate surface area is 82.8 Å². The van der Waals surface area contributed by atoms with Crippen molar-refractivity contribution in [1.82, 2.24) is 0 Å². The van der Waals surface area contributed by atoms with E-state index in [2.05, 4.69) is 25.3 Å². The lowest BCUT2D eigenvalue weighted by Crippen LogP contribution is -1.90. The number of benzene rings is 1. The molecule has 0 saturated heterocycles. The van der Waals surface area contributed by atoms with Crippen molar-refractivity contribution in [3.05, 3.63) is 34.9 Å². The van der Waals surface area contributed by atoms with Crippen LogP contribution in [0, 0.1) is 0 Å². The molecular formula is C8H9ClS2. The second-order valence-electron chi connectivity index (χ2n) is 2.25. The summed E-state index contributed by atoms with van der Waals surface area (Å²) in [7, 11) is 0. The SMILES string of the molecule is SCC(S)c1cccc(Cl)c1. The van der Waals surface area contributed by atoms with Crippen LogP contribution in [0.5, 0.6) is 0 Å². The van der Waals surface area contributed by atoms with Crippen molar-refractivity contribution in [1.29, 1.82) is 0 Å². The van der Waals surface area contributed by atoms with Gasteiger partial charge in [-0.1, -0.05) is 23.7 Å². The van der Waals surface area contributed by atoms with Crippen LogP contribution in [0.2, 0.25) is 5.02 Å². The first kappa shape index (κ1) is 9.30. The van der Waals surface area contributed by atoms with E-state index in [-0.39, 0.29) is 5.25 Å². The fourth-order valence-electron chi connectivity index (χ4n) is 0.819. The van der Waals surface area contributed by atoms with Crippen molar-refractivity contribution < 1.29 is 0 Å². The Hall–Kier alpha value is 0.210. The van der Waals surface area contributed by atoms with Gasteiger partial charge >= 0.3 is 0 Å². The number of thiol groups is 2. The maximum Gasteiger partial charge on any atom is 0.0409 e. The molecule has 0 saturated carbocycles. The second kappa shape index (κ2) is 4.29. The van der Waals surface area contributed by atoms with Gasteiger partial charge in [0.1, 0.15) is 0 Å². The highest BCUT2D eigenvalue weighted by Crippen LogP contribution is 2.23. The van der Waals surface area contributed by atoms with Crippen LogP contribution in [-0.2, 0) is 0 Å². The highest BCUT2D eigenvalue weighted by atomic mass is 35.5. The molecule has 1 atom stereocenters. The number of halogens is 1. The average Bonchev–Trinajstić information content (AvgIpc) is 2.03.